The van der Waals surface area contributed by atoms with Crippen LogP contribution in [0.5, 0.6) is 5.75 Å². The quantitative estimate of drug-likeness (QED) is 0.917. The van der Waals surface area contributed by atoms with Crippen molar-refractivity contribution < 1.29 is 9.84 Å². The van der Waals surface area contributed by atoms with Gasteiger partial charge in [0, 0.05) is 10.4 Å². The highest BCUT2D eigenvalue weighted by Gasteiger charge is 2.08. The fourth-order valence-electron chi connectivity index (χ4n) is 1.41. The Morgan fingerprint density at radius 1 is 1.18 bits per heavy atom. The summed E-state index contributed by atoms with van der Waals surface area (Å²) >= 11 is 13.3. The summed E-state index contributed by atoms with van der Waals surface area (Å²) in [6, 6.07) is 9.02. The first-order valence-electron chi connectivity index (χ1n) is 4.96. The zero-order valence-electron chi connectivity index (χ0n) is 8.82. The molecule has 0 unspecified atom stereocenters. The lowest BCUT2D eigenvalue weighted by molar-refractivity contribution is 0.260. The Bertz CT molecular complexity index is 511. The van der Waals surface area contributed by atoms with Crippen LogP contribution >= 0.6 is 34.5 Å². The van der Waals surface area contributed by atoms with E-state index in [4.69, 9.17) is 27.9 Å². The van der Waals surface area contributed by atoms with Crippen LogP contribution in [0.4, 0.5) is 0 Å². The molecule has 17 heavy (non-hydrogen) atoms. The number of hydrogen-bond donors (Lipinski definition) is 1. The van der Waals surface area contributed by atoms with E-state index < -0.39 is 0 Å². The van der Waals surface area contributed by atoms with E-state index in [2.05, 4.69) is 0 Å². The Labute approximate surface area is 113 Å². The van der Waals surface area contributed by atoms with Crippen molar-refractivity contribution in [3.63, 3.8) is 0 Å². The summed E-state index contributed by atoms with van der Waals surface area (Å²) < 4.78 is 6.35. The molecule has 1 heterocycles. The number of thiophene rings is 1. The molecule has 1 aromatic heterocycles. The van der Waals surface area contributed by atoms with Gasteiger partial charge in [-0.2, -0.15) is 0 Å². The van der Waals surface area contributed by atoms with Crippen molar-refractivity contribution in [2.75, 3.05) is 0 Å². The largest absolute Gasteiger partial charge is 0.486 e. The van der Waals surface area contributed by atoms with Gasteiger partial charge in [0.15, 0.2) is 0 Å². The summed E-state index contributed by atoms with van der Waals surface area (Å²) in [5.41, 5.74) is 0.681. The lowest BCUT2D eigenvalue weighted by Gasteiger charge is -2.10. The third-order valence-corrected chi connectivity index (χ3v) is 3.71. The lowest BCUT2D eigenvalue weighted by atomic mass is 10.2. The SMILES string of the molecule is OCc1cccc(Cl)c1OCc1ccc(Cl)s1. The zero-order chi connectivity index (χ0) is 12.3. The molecule has 1 N–H and O–H groups in total. The maximum atomic E-state index is 9.19. The number of benzene rings is 1. The van der Waals surface area contributed by atoms with Crippen LogP contribution in [0.1, 0.15) is 10.4 Å². The summed E-state index contributed by atoms with van der Waals surface area (Å²) in [6.45, 7) is 0.301. The fourth-order valence-corrected chi connectivity index (χ4v) is 2.66. The molecule has 0 amide bonds. The van der Waals surface area contributed by atoms with E-state index in [1.165, 1.54) is 11.3 Å². The normalized spacial score (nSPS) is 10.5. The molecule has 90 valence electrons. The third kappa shape index (κ3) is 3.13. The molecule has 0 spiro atoms. The average Bonchev–Trinajstić information content (AvgIpc) is 2.73. The van der Waals surface area contributed by atoms with Gasteiger partial charge in [0.25, 0.3) is 0 Å². The highest BCUT2D eigenvalue weighted by Crippen LogP contribution is 2.30. The van der Waals surface area contributed by atoms with Gasteiger partial charge in [-0.15, -0.1) is 11.3 Å². The van der Waals surface area contributed by atoms with Gasteiger partial charge < -0.3 is 9.84 Å². The first kappa shape index (κ1) is 12.7. The van der Waals surface area contributed by atoms with E-state index in [1.807, 2.05) is 12.1 Å². The number of ether oxygens (including phenoxy) is 1. The molecule has 0 atom stereocenters. The van der Waals surface area contributed by atoms with E-state index in [9.17, 15) is 5.11 Å². The molecule has 2 aromatic rings. The maximum Gasteiger partial charge on any atom is 0.143 e. The molecule has 0 fully saturated rings. The Hall–Kier alpha value is -0.740. The van der Waals surface area contributed by atoms with Crippen molar-refractivity contribution in [3.8, 4) is 5.75 Å². The molecule has 5 heteroatoms. The molecule has 0 radical (unpaired) electrons. The van der Waals surface area contributed by atoms with Crippen LogP contribution in [0.2, 0.25) is 9.36 Å². The van der Waals surface area contributed by atoms with Crippen molar-refractivity contribution in [1.82, 2.24) is 0 Å². The second-order valence-corrected chi connectivity index (χ2v) is 5.59. The van der Waals surface area contributed by atoms with Gasteiger partial charge in [-0.1, -0.05) is 35.3 Å². The molecule has 1 aromatic carbocycles. The van der Waals surface area contributed by atoms with Gasteiger partial charge in [0.2, 0.25) is 0 Å². The number of hydrogen-bond acceptors (Lipinski definition) is 3. The van der Waals surface area contributed by atoms with Crippen LogP contribution in [-0.4, -0.2) is 5.11 Å². The number of rotatable bonds is 4. The Kier molecular flexibility index (Phi) is 4.29. The predicted molar refractivity (Wildman–Crippen MR) is 71.0 cm³/mol. The fraction of sp³-hybridized carbons (Fsp3) is 0.167. The van der Waals surface area contributed by atoms with Crippen molar-refractivity contribution in [1.29, 1.82) is 0 Å². The summed E-state index contributed by atoms with van der Waals surface area (Å²) in [4.78, 5) is 1.01. The van der Waals surface area contributed by atoms with E-state index in [-0.39, 0.29) is 6.61 Å². The molecule has 2 rings (SSSR count). The number of aliphatic hydroxyl groups is 1. The first-order chi connectivity index (χ1) is 8.20. The summed E-state index contributed by atoms with van der Waals surface area (Å²) in [6.07, 6.45) is 0. The van der Waals surface area contributed by atoms with Crippen LogP contribution in [0.3, 0.4) is 0 Å². The van der Waals surface area contributed by atoms with E-state index in [0.717, 1.165) is 9.21 Å². The molecule has 0 saturated heterocycles. The molecule has 0 aliphatic heterocycles. The van der Waals surface area contributed by atoms with Gasteiger partial charge in [0.05, 0.1) is 16.0 Å². The minimum absolute atomic E-state index is 0.0961. The average molecular weight is 289 g/mol. The van der Waals surface area contributed by atoms with Gasteiger partial charge in [0.1, 0.15) is 12.4 Å². The Morgan fingerprint density at radius 3 is 2.65 bits per heavy atom. The second kappa shape index (κ2) is 5.74. The minimum Gasteiger partial charge on any atom is -0.486 e. The van der Waals surface area contributed by atoms with E-state index in [0.29, 0.717) is 22.9 Å². The smallest absolute Gasteiger partial charge is 0.143 e. The van der Waals surface area contributed by atoms with Crippen LogP contribution in [0, 0.1) is 0 Å². The van der Waals surface area contributed by atoms with Crippen LogP contribution in [0.25, 0.3) is 0 Å². The highest BCUT2D eigenvalue weighted by atomic mass is 35.5. The van der Waals surface area contributed by atoms with Crippen LogP contribution < -0.4 is 4.74 Å². The van der Waals surface area contributed by atoms with Crippen molar-refractivity contribution in [3.05, 3.63) is 50.1 Å². The molecular weight excluding hydrogens is 279 g/mol. The highest BCUT2D eigenvalue weighted by molar-refractivity contribution is 7.16. The molecule has 0 aliphatic carbocycles. The summed E-state index contributed by atoms with van der Waals surface area (Å²) in [7, 11) is 0. The van der Waals surface area contributed by atoms with Gasteiger partial charge >= 0.3 is 0 Å². The van der Waals surface area contributed by atoms with Gasteiger partial charge in [-0.25, -0.2) is 0 Å². The number of halogens is 2. The molecular formula is C12H10Cl2O2S. The van der Waals surface area contributed by atoms with Crippen molar-refractivity contribution >= 4 is 34.5 Å². The zero-order valence-corrected chi connectivity index (χ0v) is 11.1. The standard InChI is InChI=1S/C12H10Cl2O2S/c13-10-3-1-2-8(6-15)12(10)16-7-9-4-5-11(14)17-9/h1-5,15H,6-7H2. The van der Waals surface area contributed by atoms with Gasteiger partial charge in [-0.3, -0.25) is 0 Å². The number of para-hydroxylation sites is 1. The number of aliphatic hydroxyl groups excluding tert-OH is 1. The van der Waals surface area contributed by atoms with Crippen molar-refractivity contribution in [2.45, 2.75) is 13.2 Å². The Morgan fingerprint density at radius 2 is 2.00 bits per heavy atom. The molecule has 0 saturated carbocycles. The Balaban J connectivity index is 2.13. The summed E-state index contributed by atoms with van der Waals surface area (Å²) in [5.74, 6) is 0.529. The topological polar surface area (TPSA) is 29.5 Å². The van der Waals surface area contributed by atoms with Gasteiger partial charge in [-0.05, 0) is 18.2 Å². The molecule has 0 bridgehead atoms. The second-order valence-electron chi connectivity index (χ2n) is 3.38. The van der Waals surface area contributed by atoms with Crippen molar-refractivity contribution in [2.24, 2.45) is 0 Å². The van der Waals surface area contributed by atoms with E-state index in [1.54, 1.807) is 18.2 Å². The lowest BCUT2D eigenvalue weighted by Crippen LogP contribution is -1.97. The van der Waals surface area contributed by atoms with Crippen LogP contribution in [-0.2, 0) is 13.2 Å². The van der Waals surface area contributed by atoms with E-state index >= 15 is 0 Å². The maximum absolute atomic E-state index is 9.19. The monoisotopic (exact) mass is 288 g/mol. The predicted octanol–water partition coefficient (Wildman–Crippen LogP) is 4.13. The minimum atomic E-state index is -0.0961. The third-order valence-electron chi connectivity index (χ3n) is 2.21. The molecule has 2 nitrogen and oxygen atoms in total. The first-order valence-corrected chi connectivity index (χ1v) is 6.53. The summed E-state index contributed by atoms with van der Waals surface area (Å²) in [5, 5.41) is 9.69. The van der Waals surface area contributed by atoms with Crippen LogP contribution in [0.15, 0.2) is 30.3 Å². The molecule has 0 aliphatic rings.